The first kappa shape index (κ1) is 20.2. The molecule has 0 radical (unpaired) electrons. The van der Waals surface area contributed by atoms with Gasteiger partial charge in [-0.1, -0.05) is 30.3 Å². The van der Waals surface area contributed by atoms with Crippen molar-refractivity contribution in [1.29, 1.82) is 0 Å². The zero-order chi connectivity index (χ0) is 20.3. The Balaban J connectivity index is 1.88. The van der Waals surface area contributed by atoms with Crippen molar-refractivity contribution < 1.29 is 17.2 Å². The van der Waals surface area contributed by atoms with Crippen LogP contribution in [-0.4, -0.2) is 15.5 Å². The summed E-state index contributed by atoms with van der Waals surface area (Å²) in [5.41, 5.74) is 3.47. The summed E-state index contributed by atoms with van der Waals surface area (Å²) in [7, 11) is -1.72. The second kappa shape index (κ2) is 8.20. The molecule has 0 saturated carbocycles. The van der Waals surface area contributed by atoms with Crippen molar-refractivity contribution >= 4 is 9.84 Å². The van der Waals surface area contributed by atoms with E-state index in [4.69, 9.17) is 0 Å². The number of rotatable bonds is 6. The molecule has 3 rings (SSSR count). The molecule has 0 saturated heterocycles. The number of halogens is 2. The first-order chi connectivity index (χ1) is 13.3. The van der Waals surface area contributed by atoms with Crippen LogP contribution in [0, 0.1) is 18.6 Å². The topological polar surface area (TPSA) is 46.2 Å². The van der Waals surface area contributed by atoms with Gasteiger partial charge in [0.05, 0.1) is 10.6 Å². The smallest absolute Gasteiger partial charge is 0.182 e. The summed E-state index contributed by atoms with van der Waals surface area (Å²) < 4.78 is 52.7. The number of sulfone groups is 1. The summed E-state index contributed by atoms with van der Waals surface area (Å²) in [6, 6.07) is 14.9. The lowest BCUT2D eigenvalue weighted by molar-refractivity contribution is 0.585. The Morgan fingerprint density at radius 2 is 1.61 bits per heavy atom. The Morgan fingerprint density at radius 1 is 0.929 bits per heavy atom. The van der Waals surface area contributed by atoms with Crippen LogP contribution in [-0.2, 0) is 22.1 Å². The third-order valence-corrected chi connectivity index (χ3v) is 6.41. The lowest BCUT2D eigenvalue weighted by Crippen LogP contribution is -2.10. The van der Waals surface area contributed by atoms with Gasteiger partial charge in [0.1, 0.15) is 11.6 Å². The quantitative estimate of drug-likeness (QED) is 0.655. The van der Waals surface area contributed by atoms with E-state index < -0.39 is 21.5 Å². The summed E-state index contributed by atoms with van der Waals surface area (Å²) in [5, 5.41) is 3.07. The number of hydrogen-bond donors (Lipinski definition) is 1. The predicted octanol–water partition coefficient (Wildman–Crippen LogP) is 4.63. The first-order valence-electron chi connectivity index (χ1n) is 8.82. The average Bonchev–Trinajstić information content (AvgIpc) is 2.65. The lowest BCUT2D eigenvalue weighted by Gasteiger charge is -2.12. The highest BCUT2D eigenvalue weighted by molar-refractivity contribution is 7.90. The first-order valence-corrected chi connectivity index (χ1v) is 10.5. The summed E-state index contributed by atoms with van der Waals surface area (Å²) in [4.78, 5) is 0.164. The molecule has 0 bridgehead atoms. The molecule has 3 aromatic rings. The third kappa shape index (κ3) is 4.29. The Hall–Kier alpha value is -2.57. The van der Waals surface area contributed by atoms with Crippen LogP contribution in [0.15, 0.2) is 65.6 Å². The Morgan fingerprint density at radius 3 is 2.25 bits per heavy atom. The van der Waals surface area contributed by atoms with Crippen molar-refractivity contribution in [2.24, 2.45) is 0 Å². The van der Waals surface area contributed by atoms with Crippen molar-refractivity contribution in [2.75, 3.05) is 7.05 Å². The van der Waals surface area contributed by atoms with Crippen molar-refractivity contribution in [3.63, 3.8) is 0 Å². The molecule has 0 aliphatic carbocycles. The highest BCUT2D eigenvalue weighted by atomic mass is 32.2. The molecule has 3 nitrogen and oxygen atoms in total. The van der Waals surface area contributed by atoms with Gasteiger partial charge in [-0.25, -0.2) is 17.2 Å². The van der Waals surface area contributed by atoms with E-state index in [1.807, 2.05) is 32.2 Å². The molecule has 1 N–H and O–H groups in total. The standard InChI is InChI=1S/C22H21F2NO2S/c1-15-17(13-25-2)4-3-5-18(15)14-28(26,27)20-9-6-16(7-10-20)21-11-8-19(23)12-22(21)24/h3-12,25H,13-14H2,1-2H3. The monoisotopic (exact) mass is 401 g/mol. The van der Waals surface area contributed by atoms with Crippen LogP contribution in [0.2, 0.25) is 0 Å². The van der Waals surface area contributed by atoms with Gasteiger partial charge in [-0.2, -0.15) is 0 Å². The molecule has 28 heavy (non-hydrogen) atoms. The summed E-state index contributed by atoms with van der Waals surface area (Å²) in [6.45, 7) is 2.58. The molecular weight excluding hydrogens is 380 g/mol. The van der Waals surface area contributed by atoms with E-state index in [2.05, 4.69) is 5.32 Å². The minimum Gasteiger partial charge on any atom is -0.316 e. The summed E-state index contributed by atoms with van der Waals surface area (Å²) in [6.07, 6.45) is 0. The van der Waals surface area contributed by atoms with Gasteiger partial charge in [0, 0.05) is 18.2 Å². The molecule has 146 valence electrons. The highest BCUT2D eigenvalue weighted by Crippen LogP contribution is 2.26. The molecule has 0 fully saturated rings. The van der Waals surface area contributed by atoms with Crippen LogP contribution in [0.3, 0.4) is 0 Å². The van der Waals surface area contributed by atoms with E-state index in [0.29, 0.717) is 12.1 Å². The SMILES string of the molecule is CNCc1cccc(CS(=O)(=O)c2ccc(-c3ccc(F)cc3F)cc2)c1C. The fourth-order valence-electron chi connectivity index (χ4n) is 3.13. The molecule has 6 heteroatoms. The molecule has 0 spiro atoms. The van der Waals surface area contributed by atoms with E-state index in [0.717, 1.165) is 22.8 Å². The molecular formula is C22H21F2NO2S. The minimum atomic E-state index is -3.56. The van der Waals surface area contributed by atoms with Crippen LogP contribution in [0.4, 0.5) is 8.78 Å². The van der Waals surface area contributed by atoms with Crippen LogP contribution < -0.4 is 5.32 Å². The number of hydrogen-bond acceptors (Lipinski definition) is 3. The maximum Gasteiger partial charge on any atom is 0.182 e. The van der Waals surface area contributed by atoms with Crippen LogP contribution in [0.25, 0.3) is 11.1 Å². The molecule has 0 heterocycles. The zero-order valence-corrected chi connectivity index (χ0v) is 16.5. The average molecular weight is 401 g/mol. The highest BCUT2D eigenvalue weighted by Gasteiger charge is 2.18. The summed E-state index contributed by atoms with van der Waals surface area (Å²) in [5.74, 6) is -1.45. The largest absolute Gasteiger partial charge is 0.316 e. The van der Waals surface area contributed by atoms with Gasteiger partial charge in [-0.05, 0) is 60.5 Å². The Bertz CT molecular complexity index is 1090. The van der Waals surface area contributed by atoms with Gasteiger partial charge >= 0.3 is 0 Å². The molecule has 0 aliphatic rings. The maximum atomic E-state index is 13.9. The van der Waals surface area contributed by atoms with Gasteiger partial charge in [0.2, 0.25) is 0 Å². The molecule has 0 aliphatic heterocycles. The predicted molar refractivity (Wildman–Crippen MR) is 107 cm³/mol. The molecule has 3 aromatic carbocycles. The minimum absolute atomic E-state index is 0.110. The molecule has 0 atom stereocenters. The van der Waals surface area contributed by atoms with Crippen molar-refractivity contribution in [3.05, 3.63) is 89.0 Å². The molecule has 0 unspecified atom stereocenters. The van der Waals surface area contributed by atoms with E-state index in [9.17, 15) is 17.2 Å². The fourth-order valence-corrected chi connectivity index (χ4v) is 4.57. The molecule has 0 aromatic heterocycles. The maximum absolute atomic E-state index is 13.9. The molecule has 0 amide bonds. The summed E-state index contributed by atoms with van der Waals surface area (Å²) >= 11 is 0. The van der Waals surface area contributed by atoms with Gasteiger partial charge < -0.3 is 5.32 Å². The van der Waals surface area contributed by atoms with Gasteiger partial charge in [-0.15, -0.1) is 0 Å². The zero-order valence-electron chi connectivity index (χ0n) is 15.7. The second-order valence-corrected chi connectivity index (χ2v) is 8.63. The van der Waals surface area contributed by atoms with E-state index in [1.165, 1.54) is 36.4 Å². The van der Waals surface area contributed by atoms with Crippen molar-refractivity contribution in [1.82, 2.24) is 5.32 Å². The van der Waals surface area contributed by atoms with Crippen LogP contribution in [0.1, 0.15) is 16.7 Å². The van der Waals surface area contributed by atoms with Gasteiger partial charge in [0.25, 0.3) is 0 Å². The van der Waals surface area contributed by atoms with E-state index >= 15 is 0 Å². The van der Waals surface area contributed by atoms with E-state index in [-0.39, 0.29) is 16.2 Å². The normalized spacial score (nSPS) is 11.6. The second-order valence-electron chi connectivity index (χ2n) is 6.64. The van der Waals surface area contributed by atoms with Crippen LogP contribution in [0.5, 0.6) is 0 Å². The Labute approximate surface area is 164 Å². The number of nitrogens with one attached hydrogen (secondary N) is 1. The van der Waals surface area contributed by atoms with Crippen LogP contribution >= 0.6 is 0 Å². The van der Waals surface area contributed by atoms with Gasteiger partial charge in [0.15, 0.2) is 9.84 Å². The van der Waals surface area contributed by atoms with E-state index in [1.54, 1.807) is 0 Å². The van der Waals surface area contributed by atoms with Crippen molar-refractivity contribution in [2.45, 2.75) is 24.1 Å². The lowest BCUT2D eigenvalue weighted by atomic mass is 10.0. The Kier molecular flexibility index (Phi) is 5.91. The fraction of sp³-hybridized carbons (Fsp3) is 0.182. The number of benzene rings is 3. The third-order valence-electron chi connectivity index (χ3n) is 4.73. The van der Waals surface area contributed by atoms with Crippen molar-refractivity contribution in [3.8, 4) is 11.1 Å². The van der Waals surface area contributed by atoms with Gasteiger partial charge in [-0.3, -0.25) is 0 Å².